The van der Waals surface area contributed by atoms with Crippen LogP contribution in [0.2, 0.25) is 0 Å². The van der Waals surface area contributed by atoms with E-state index in [-0.39, 0.29) is 0 Å². The number of piperidine rings is 1. The van der Waals surface area contributed by atoms with E-state index in [1.807, 2.05) is 30.6 Å². The van der Waals surface area contributed by atoms with E-state index in [0.717, 1.165) is 46.8 Å². The largest absolute Gasteiger partial charge is 0.351 e. The second kappa shape index (κ2) is 4.48. The zero-order valence-corrected chi connectivity index (χ0v) is 14.3. The van der Waals surface area contributed by atoms with E-state index in [1.54, 1.807) is 0 Å². The fraction of sp³-hybridized carbons (Fsp3) is 0.350. The lowest BCUT2D eigenvalue weighted by molar-refractivity contribution is 0.735. The van der Waals surface area contributed by atoms with Gasteiger partial charge in [-0.05, 0) is 55.9 Å². The summed E-state index contributed by atoms with van der Waals surface area (Å²) in [6.45, 7) is 5.37. The van der Waals surface area contributed by atoms with Gasteiger partial charge in [0.2, 0.25) is 0 Å². The number of aryl methyl sites for hydroxylation is 2. The van der Waals surface area contributed by atoms with Crippen molar-refractivity contribution in [3.8, 4) is 17.2 Å². The maximum atomic E-state index is 4.81. The smallest absolute Gasteiger partial charge is 0.147 e. The Balaban J connectivity index is 1.33. The highest BCUT2D eigenvalue weighted by Crippen LogP contribution is 2.75. The summed E-state index contributed by atoms with van der Waals surface area (Å²) in [5.74, 6) is 4.86. The minimum absolute atomic E-state index is 0.770. The predicted molar refractivity (Wildman–Crippen MR) is 95.7 cm³/mol. The lowest BCUT2D eigenvalue weighted by Crippen LogP contribution is -2.21. The second-order valence-corrected chi connectivity index (χ2v) is 7.55. The molecule has 124 valence electrons. The van der Waals surface area contributed by atoms with E-state index in [9.17, 15) is 0 Å². The molecule has 2 unspecified atom stereocenters. The van der Waals surface area contributed by atoms with Crippen molar-refractivity contribution in [2.24, 2.45) is 17.8 Å². The van der Waals surface area contributed by atoms with E-state index in [0.29, 0.717) is 0 Å². The Morgan fingerprint density at radius 3 is 2.32 bits per heavy atom. The first kappa shape index (κ1) is 13.6. The van der Waals surface area contributed by atoms with Gasteiger partial charge in [0.15, 0.2) is 0 Å². The Labute approximate surface area is 146 Å². The number of pyridine rings is 1. The molecule has 0 radical (unpaired) electrons. The van der Waals surface area contributed by atoms with E-state index in [4.69, 9.17) is 4.98 Å². The molecule has 0 aromatic carbocycles. The summed E-state index contributed by atoms with van der Waals surface area (Å²) in [6.07, 6.45) is 3.78. The number of fused-ring (bicyclic) bond motifs is 1. The topological polar surface area (TPSA) is 46.8 Å². The molecule has 4 fully saturated rings. The summed E-state index contributed by atoms with van der Waals surface area (Å²) in [4.78, 5) is 16.6. The Morgan fingerprint density at radius 2 is 1.68 bits per heavy atom. The molecule has 0 spiro atoms. The van der Waals surface area contributed by atoms with Gasteiger partial charge in [-0.15, -0.1) is 0 Å². The van der Waals surface area contributed by atoms with Gasteiger partial charge in [0.25, 0.3) is 0 Å². The van der Waals surface area contributed by atoms with Crippen molar-refractivity contribution in [1.82, 2.24) is 19.5 Å². The fourth-order valence-corrected chi connectivity index (χ4v) is 4.71. The predicted octanol–water partition coefficient (Wildman–Crippen LogP) is 3.01. The normalized spacial score (nSPS) is 28.2. The molecule has 2 atom stereocenters. The highest BCUT2D eigenvalue weighted by Gasteiger charge is 2.80. The number of anilines is 1. The van der Waals surface area contributed by atoms with Crippen molar-refractivity contribution in [1.29, 1.82) is 0 Å². The van der Waals surface area contributed by atoms with Crippen molar-refractivity contribution >= 4 is 5.82 Å². The maximum absolute atomic E-state index is 4.81. The number of aromatic nitrogens is 4. The second-order valence-electron chi connectivity index (χ2n) is 7.55. The first-order valence-electron chi connectivity index (χ1n) is 8.94. The molecule has 3 aromatic rings. The van der Waals surface area contributed by atoms with Crippen LogP contribution in [-0.2, 0) is 0 Å². The fourth-order valence-electron chi connectivity index (χ4n) is 4.71. The molecular weight excluding hydrogens is 310 g/mol. The lowest BCUT2D eigenvalue weighted by atomic mass is 10.2. The Kier molecular flexibility index (Phi) is 2.43. The summed E-state index contributed by atoms with van der Waals surface area (Å²) in [5.41, 5.74) is 4.05. The third-order valence-corrected chi connectivity index (χ3v) is 6.14. The lowest BCUT2D eigenvalue weighted by Gasteiger charge is -2.16. The van der Waals surface area contributed by atoms with E-state index >= 15 is 0 Å². The van der Waals surface area contributed by atoms with Gasteiger partial charge in [0, 0.05) is 24.0 Å². The molecule has 4 aliphatic rings. The monoisotopic (exact) mass is 329 g/mol. The Morgan fingerprint density at radius 1 is 0.880 bits per heavy atom. The first-order valence-corrected chi connectivity index (χ1v) is 8.94. The molecule has 2 saturated heterocycles. The van der Waals surface area contributed by atoms with Crippen LogP contribution in [0.25, 0.3) is 17.2 Å². The van der Waals surface area contributed by atoms with Crippen LogP contribution in [0.15, 0.2) is 42.7 Å². The Bertz CT molecular complexity index is 953. The van der Waals surface area contributed by atoms with Gasteiger partial charge >= 0.3 is 0 Å². The number of rotatable bonds is 3. The molecule has 0 N–H and O–H groups in total. The van der Waals surface area contributed by atoms with Gasteiger partial charge in [0.05, 0.1) is 18.1 Å². The van der Waals surface area contributed by atoms with Gasteiger partial charge < -0.3 is 9.47 Å². The minimum Gasteiger partial charge on any atom is -0.351 e. The molecule has 5 nitrogen and oxygen atoms in total. The van der Waals surface area contributed by atoms with Gasteiger partial charge in [0.1, 0.15) is 17.3 Å². The molecule has 2 aliphatic heterocycles. The number of nitrogens with zero attached hydrogens (tertiary/aromatic N) is 5. The summed E-state index contributed by atoms with van der Waals surface area (Å²) >= 11 is 0. The van der Waals surface area contributed by atoms with Gasteiger partial charge in [-0.2, -0.15) is 0 Å². The summed E-state index contributed by atoms with van der Waals surface area (Å²) < 4.78 is 2.16. The van der Waals surface area contributed by atoms with Crippen LogP contribution in [0.3, 0.4) is 0 Å². The average molecular weight is 329 g/mol. The summed E-state index contributed by atoms with van der Waals surface area (Å²) in [7, 11) is 0. The maximum Gasteiger partial charge on any atom is 0.147 e. The molecular formula is C20H19N5. The number of hydrogen-bond acceptors (Lipinski definition) is 4. The molecule has 3 aromatic heterocycles. The van der Waals surface area contributed by atoms with Crippen molar-refractivity contribution in [3.05, 3.63) is 54.1 Å². The molecule has 2 aliphatic carbocycles. The van der Waals surface area contributed by atoms with Crippen LogP contribution in [0.1, 0.15) is 11.4 Å². The molecule has 7 rings (SSSR count). The van der Waals surface area contributed by atoms with Crippen LogP contribution < -0.4 is 4.90 Å². The van der Waals surface area contributed by atoms with Gasteiger partial charge in [-0.3, -0.25) is 0 Å². The van der Waals surface area contributed by atoms with E-state index in [1.165, 1.54) is 17.9 Å². The molecule has 25 heavy (non-hydrogen) atoms. The quantitative estimate of drug-likeness (QED) is 0.741. The van der Waals surface area contributed by atoms with Crippen LogP contribution in [0.5, 0.6) is 0 Å². The highest BCUT2D eigenvalue weighted by molar-refractivity contribution is 5.58. The summed E-state index contributed by atoms with van der Waals surface area (Å²) in [6, 6.07) is 11.1. The highest BCUT2D eigenvalue weighted by atomic mass is 15.3. The molecule has 0 amide bonds. The van der Waals surface area contributed by atoms with Crippen LogP contribution in [-0.4, -0.2) is 32.1 Å². The van der Waals surface area contributed by atoms with Crippen molar-refractivity contribution < 1.29 is 0 Å². The van der Waals surface area contributed by atoms with Crippen LogP contribution >= 0.6 is 0 Å². The zero-order valence-electron chi connectivity index (χ0n) is 14.3. The van der Waals surface area contributed by atoms with Gasteiger partial charge in [-0.1, -0.05) is 6.07 Å². The first-order chi connectivity index (χ1) is 12.2. The average Bonchev–Trinajstić information content (AvgIpc) is 3.38. The van der Waals surface area contributed by atoms with Crippen LogP contribution in [0, 0.1) is 31.6 Å². The van der Waals surface area contributed by atoms with Crippen molar-refractivity contribution in [3.63, 3.8) is 0 Å². The van der Waals surface area contributed by atoms with Gasteiger partial charge in [-0.25, -0.2) is 15.0 Å². The molecule has 2 saturated carbocycles. The van der Waals surface area contributed by atoms with E-state index in [2.05, 4.69) is 45.4 Å². The van der Waals surface area contributed by atoms with Crippen LogP contribution in [0.4, 0.5) is 5.82 Å². The third kappa shape index (κ3) is 1.81. The van der Waals surface area contributed by atoms with Crippen molar-refractivity contribution in [2.45, 2.75) is 19.9 Å². The third-order valence-electron chi connectivity index (χ3n) is 6.14. The summed E-state index contributed by atoms with van der Waals surface area (Å²) in [5, 5.41) is 0. The SMILES string of the molecule is Cc1ccc(C)n1-c1cccc(-c2cnc(N3CC4C5C4C53)cn2)n1. The minimum atomic E-state index is 0.770. The molecule has 5 heterocycles. The van der Waals surface area contributed by atoms with Crippen molar-refractivity contribution in [2.75, 3.05) is 11.4 Å². The zero-order chi connectivity index (χ0) is 16.7. The standard InChI is InChI=1S/C20H19N5/c1-11-6-7-12(2)25(11)16-5-3-4-14(23-16)15-8-22-17(9-21-15)24-10-13-18-19(13)20(18)24/h3-9,13,18-20H,10H2,1-2H3. The number of hydrogen-bond donors (Lipinski definition) is 0. The molecule has 5 heteroatoms. The molecule has 2 bridgehead atoms. The Hall–Kier alpha value is -2.69. The van der Waals surface area contributed by atoms with E-state index < -0.39 is 0 Å².